The molecule has 1 amide bonds. The number of rotatable bonds is 0. The SMILES string of the molecule is CC.CC.CN1CCC(=O)CC1=O. The molecule has 1 heterocycles. The summed E-state index contributed by atoms with van der Waals surface area (Å²) in [5.74, 6) is 0.0179. The van der Waals surface area contributed by atoms with E-state index in [2.05, 4.69) is 0 Å². The van der Waals surface area contributed by atoms with Gasteiger partial charge in [0.05, 0.1) is 6.42 Å². The van der Waals surface area contributed by atoms with E-state index in [9.17, 15) is 9.59 Å². The third kappa shape index (κ3) is 6.31. The summed E-state index contributed by atoms with van der Waals surface area (Å²) < 4.78 is 0. The number of hydrogen-bond acceptors (Lipinski definition) is 2. The maximum absolute atomic E-state index is 10.7. The molecule has 0 radical (unpaired) electrons. The second-order valence-corrected chi connectivity index (χ2v) is 2.28. The van der Waals surface area contributed by atoms with Gasteiger partial charge in [0.2, 0.25) is 5.91 Å². The van der Waals surface area contributed by atoms with Crippen molar-refractivity contribution < 1.29 is 9.59 Å². The summed E-state index contributed by atoms with van der Waals surface area (Å²) in [6, 6.07) is 0. The molecule has 3 nitrogen and oxygen atoms in total. The van der Waals surface area contributed by atoms with E-state index in [0.717, 1.165) is 0 Å². The zero-order valence-electron chi connectivity index (χ0n) is 9.39. The quantitative estimate of drug-likeness (QED) is 0.543. The first-order valence-electron chi connectivity index (χ1n) is 4.96. The number of hydrogen-bond donors (Lipinski definition) is 0. The Labute approximate surface area is 81.1 Å². The first-order chi connectivity index (χ1) is 6.20. The fourth-order valence-corrected chi connectivity index (χ4v) is 0.809. The standard InChI is InChI=1S/C6H9NO2.2C2H6/c1-7-3-2-5(8)4-6(7)9;2*1-2/h2-4H2,1H3;2*1-2H3. The number of piperidine rings is 1. The minimum atomic E-state index is -0.0498. The fourth-order valence-electron chi connectivity index (χ4n) is 0.809. The summed E-state index contributed by atoms with van der Waals surface area (Å²) >= 11 is 0. The molecule has 1 fully saturated rings. The third-order valence-electron chi connectivity index (χ3n) is 1.50. The van der Waals surface area contributed by atoms with Crippen LogP contribution in [0.2, 0.25) is 0 Å². The Morgan fingerprint density at radius 3 is 1.85 bits per heavy atom. The first kappa shape index (κ1) is 14.7. The van der Waals surface area contributed by atoms with E-state index in [1.807, 2.05) is 27.7 Å². The number of carbonyl (C=O) groups excluding carboxylic acids is 2. The van der Waals surface area contributed by atoms with Gasteiger partial charge in [-0.25, -0.2) is 0 Å². The van der Waals surface area contributed by atoms with Crippen molar-refractivity contribution in [1.29, 1.82) is 0 Å². The Hall–Kier alpha value is -0.860. The van der Waals surface area contributed by atoms with Crippen LogP contribution in [-0.4, -0.2) is 30.2 Å². The van der Waals surface area contributed by atoms with Crippen LogP contribution >= 0.6 is 0 Å². The van der Waals surface area contributed by atoms with Gasteiger partial charge in [-0.15, -0.1) is 0 Å². The topological polar surface area (TPSA) is 37.4 Å². The van der Waals surface area contributed by atoms with Crippen molar-refractivity contribution in [3.63, 3.8) is 0 Å². The zero-order chi connectivity index (χ0) is 10.9. The minimum Gasteiger partial charge on any atom is -0.345 e. The number of nitrogens with zero attached hydrogens (tertiary/aromatic N) is 1. The van der Waals surface area contributed by atoms with E-state index < -0.39 is 0 Å². The van der Waals surface area contributed by atoms with E-state index >= 15 is 0 Å². The molecule has 1 rings (SSSR count). The molecule has 0 aromatic carbocycles. The van der Waals surface area contributed by atoms with Crippen molar-refractivity contribution in [2.75, 3.05) is 13.6 Å². The predicted molar refractivity (Wildman–Crippen MR) is 54.6 cm³/mol. The summed E-state index contributed by atoms with van der Waals surface area (Å²) in [5, 5.41) is 0. The van der Waals surface area contributed by atoms with Crippen LogP contribution < -0.4 is 0 Å². The number of ketones is 1. The van der Waals surface area contributed by atoms with Crippen LogP contribution in [0.15, 0.2) is 0 Å². The molecule has 78 valence electrons. The second-order valence-electron chi connectivity index (χ2n) is 2.28. The van der Waals surface area contributed by atoms with Gasteiger partial charge in [0.1, 0.15) is 5.78 Å². The van der Waals surface area contributed by atoms with Gasteiger partial charge in [-0.05, 0) is 0 Å². The van der Waals surface area contributed by atoms with Crippen molar-refractivity contribution in [2.45, 2.75) is 40.5 Å². The largest absolute Gasteiger partial charge is 0.345 e. The van der Waals surface area contributed by atoms with Crippen molar-refractivity contribution in [2.24, 2.45) is 0 Å². The van der Waals surface area contributed by atoms with Crippen LogP contribution in [0.3, 0.4) is 0 Å². The Kier molecular flexibility index (Phi) is 10.4. The summed E-state index contributed by atoms with van der Waals surface area (Å²) in [7, 11) is 1.72. The normalized spacial score (nSPS) is 15.3. The van der Waals surface area contributed by atoms with Gasteiger partial charge in [-0.3, -0.25) is 9.59 Å². The molecule has 0 aliphatic carbocycles. The van der Waals surface area contributed by atoms with Gasteiger partial charge in [-0.2, -0.15) is 0 Å². The monoisotopic (exact) mass is 187 g/mol. The van der Waals surface area contributed by atoms with Crippen LogP contribution in [0.4, 0.5) is 0 Å². The van der Waals surface area contributed by atoms with Crippen LogP contribution in [-0.2, 0) is 9.59 Å². The number of Topliss-reactive ketones (excluding diaryl/α,β-unsaturated/α-hetero) is 1. The molecule has 0 unspecified atom stereocenters. The van der Waals surface area contributed by atoms with E-state index in [4.69, 9.17) is 0 Å². The van der Waals surface area contributed by atoms with E-state index in [1.54, 1.807) is 11.9 Å². The molecular weight excluding hydrogens is 166 g/mol. The summed E-state index contributed by atoms with van der Waals surface area (Å²) in [6.45, 7) is 8.59. The van der Waals surface area contributed by atoms with E-state index in [0.29, 0.717) is 13.0 Å². The van der Waals surface area contributed by atoms with E-state index in [1.165, 1.54) is 0 Å². The smallest absolute Gasteiger partial charge is 0.229 e. The second kappa shape index (κ2) is 9.23. The third-order valence-corrected chi connectivity index (χ3v) is 1.50. The minimum absolute atomic E-state index is 0.0498. The Bertz CT molecular complexity index is 155. The van der Waals surface area contributed by atoms with Crippen molar-refractivity contribution in [1.82, 2.24) is 4.90 Å². The first-order valence-corrected chi connectivity index (χ1v) is 4.96. The molecule has 0 bridgehead atoms. The highest BCUT2D eigenvalue weighted by molar-refractivity contribution is 6.00. The lowest BCUT2D eigenvalue weighted by Crippen LogP contribution is -2.35. The summed E-state index contributed by atoms with van der Waals surface area (Å²) in [5.41, 5.74) is 0. The molecule has 0 atom stereocenters. The maximum atomic E-state index is 10.7. The van der Waals surface area contributed by atoms with Gasteiger partial charge < -0.3 is 4.90 Å². The van der Waals surface area contributed by atoms with Gasteiger partial charge >= 0.3 is 0 Å². The molecular formula is C10H21NO2. The van der Waals surface area contributed by atoms with Crippen molar-refractivity contribution in [3.05, 3.63) is 0 Å². The fraction of sp³-hybridized carbons (Fsp3) is 0.800. The molecule has 0 saturated carbocycles. The predicted octanol–water partition coefficient (Wildman–Crippen LogP) is 1.86. The Morgan fingerprint density at radius 2 is 1.54 bits per heavy atom. The molecule has 1 aliphatic rings. The lowest BCUT2D eigenvalue weighted by molar-refractivity contribution is -0.138. The summed E-state index contributed by atoms with van der Waals surface area (Å²) in [6.07, 6.45) is 0.638. The molecule has 13 heavy (non-hydrogen) atoms. The Morgan fingerprint density at radius 1 is 1.08 bits per heavy atom. The molecule has 1 saturated heterocycles. The van der Waals surface area contributed by atoms with E-state index in [-0.39, 0.29) is 18.1 Å². The average molecular weight is 187 g/mol. The zero-order valence-corrected chi connectivity index (χ0v) is 9.39. The van der Waals surface area contributed by atoms with Gasteiger partial charge in [-0.1, -0.05) is 27.7 Å². The molecule has 0 spiro atoms. The summed E-state index contributed by atoms with van der Waals surface area (Å²) in [4.78, 5) is 22.9. The van der Waals surface area contributed by atoms with Gasteiger partial charge in [0, 0.05) is 20.0 Å². The lowest BCUT2D eigenvalue weighted by Gasteiger charge is -2.20. The highest BCUT2D eigenvalue weighted by atomic mass is 16.2. The molecule has 3 heteroatoms. The molecule has 1 aliphatic heterocycles. The number of carbonyl (C=O) groups is 2. The van der Waals surface area contributed by atoms with Crippen LogP contribution in [0.25, 0.3) is 0 Å². The highest BCUT2D eigenvalue weighted by Gasteiger charge is 2.19. The average Bonchev–Trinajstić information content (AvgIpc) is 2.18. The maximum Gasteiger partial charge on any atom is 0.229 e. The Balaban J connectivity index is 0. The number of likely N-dealkylation sites (tertiary alicyclic amines) is 1. The van der Waals surface area contributed by atoms with Gasteiger partial charge in [0.25, 0.3) is 0 Å². The van der Waals surface area contributed by atoms with Crippen molar-refractivity contribution in [3.8, 4) is 0 Å². The molecule has 0 aromatic rings. The number of amides is 1. The van der Waals surface area contributed by atoms with Crippen LogP contribution in [0.1, 0.15) is 40.5 Å². The lowest BCUT2D eigenvalue weighted by atomic mass is 10.1. The molecule has 0 aromatic heterocycles. The van der Waals surface area contributed by atoms with Crippen LogP contribution in [0, 0.1) is 0 Å². The van der Waals surface area contributed by atoms with Crippen molar-refractivity contribution >= 4 is 11.7 Å². The molecule has 0 N–H and O–H groups in total. The highest BCUT2D eigenvalue weighted by Crippen LogP contribution is 2.03. The van der Waals surface area contributed by atoms with Crippen LogP contribution in [0.5, 0.6) is 0 Å². The van der Waals surface area contributed by atoms with Gasteiger partial charge in [0.15, 0.2) is 0 Å².